The first kappa shape index (κ1) is 16.7. The average molecular weight is 271 g/mol. The van der Waals surface area contributed by atoms with Gasteiger partial charge in [0, 0.05) is 6.04 Å². The van der Waals surface area contributed by atoms with Crippen molar-refractivity contribution in [2.24, 2.45) is 0 Å². The van der Waals surface area contributed by atoms with Crippen molar-refractivity contribution in [2.75, 3.05) is 6.61 Å². The zero-order valence-corrected chi connectivity index (χ0v) is 10.1. The maximum absolute atomic E-state index is 11.1. The largest absolute Gasteiger partial charge is 0.490 e. The molecule has 0 radical (unpaired) electrons. The van der Waals surface area contributed by atoms with Gasteiger partial charge in [-0.15, -0.1) is 0 Å². The summed E-state index contributed by atoms with van der Waals surface area (Å²) in [5.74, 6) is -2.86. The number of hydrogen-bond donors (Lipinski definition) is 2. The summed E-state index contributed by atoms with van der Waals surface area (Å²) in [4.78, 5) is 20.0. The second kappa shape index (κ2) is 7.20. The molecule has 1 fully saturated rings. The van der Waals surface area contributed by atoms with Crippen LogP contribution < -0.4 is 5.32 Å². The normalized spacial score (nSPS) is 22.9. The molecule has 2 atom stereocenters. The van der Waals surface area contributed by atoms with Gasteiger partial charge in [0.05, 0.1) is 6.61 Å². The number of carbonyl (C=O) groups is 2. The summed E-state index contributed by atoms with van der Waals surface area (Å²) >= 11 is 0. The molecular formula is C10H16F3NO4. The molecule has 18 heavy (non-hydrogen) atoms. The molecular weight excluding hydrogens is 255 g/mol. The summed E-state index contributed by atoms with van der Waals surface area (Å²) in [6, 6.07) is 0.411. The van der Waals surface area contributed by atoms with Crippen LogP contribution in [0.2, 0.25) is 0 Å². The number of hydrogen-bond acceptors (Lipinski definition) is 4. The quantitative estimate of drug-likeness (QED) is 0.741. The van der Waals surface area contributed by atoms with E-state index in [-0.39, 0.29) is 12.0 Å². The van der Waals surface area contributed by atoms with Crippen LogP contribution in [0.3, 0.4) is 0 Å². The standard InChI is InChI=1S/C8H15NO2.C2HF3O2/c1-3-11-8(10)7-5-4-6(2)9-7;3-2(4,5)1(6)7/h6-7,9H,3-5H2,1-2H3;(H,6,7)/t6?,7-;/m0./s1. The topological polar surface area (TPSA) is 75.6 Å². The lowest BCUT2D eigenvalue weighted by Crippen LogP contribution is -2.35. The Bertz CT molecular complexity index is 293. The fourth-order valence-electron chi connectivity index (χ4n) is 1.36. The minimum absolute atomic E-state index is 0.0510. The third-order valence-electron chi connectivity index (χ3n) is 2.19. The fourth-order valence-corrected chi connectivity index (χ4v) is 1.36. The Kier molecular flexibility index (Phi) is 6.67. The number of ether oxygens (including phenoxy) is 1. The monoisotopic (exact) mass is 271 g/mol. The van der Waals surface area contributed by atoms with Crippen LogP contribution >= 0.6 is 0 Å². The molecule has 1 saturated heterocycles. The minimum Gasteiger partial charge on any atom is -0.475 e. The first-order chi connectivity index (χ1) is 8.18. The lowest BCUT2D eigenvalue weighted by atomic mass is 10.2. The van der Waals surface area contributed by atoms with E-state index in [4.69, 9.17) is 14.6 Å². The highest BCUT2D eigenvalue weighted by atomic mass is 19.4. The summed E-state index contributed by atoms with van der Waals surface area (Å²) in [6.07, 6.45) is -3.09. The van der Waals surface area contributed by atoms with Gasteiger partial charge in [-0.05, 0) is 26.7 Å². The summed E-state index contributed by atoms with van der Waals surface area (Å²) in [6.45, 7) is 4.39. The molecule has 1 rings (SSSR count). The van der Waals surface area contributed by atoms with Crippen LogP contribution in [0.1, 0.15) is 26.7 Å². The predicted octanol–water partition coefficient (Wildman–Crippen LogP) is 1.32. The number of carboxylic acid groups (broad SMARTS) is 1. The van der Waals surface area contributed by atoms with Gasteiger partial charge < -0.3 is 15.2 Å². The molecule has 0 aromatic heterocycles. The summed E-state index contributed by atoms with van der Waals surface area (Å²) < 4.78 is 36.6. The van der Waals surface area contributed by atoms with Gasteiger partial charge in [-0.3, -0.25) is 4.79 Å². The second-order valence-corrected chi connectivity index (χ2v) is 3.75. The molecule has 8 heteroatoms. The third-order valence-corrected chi connectivity index (χ3v) is 2.19. The molecule has 2 N–H and O–H groups in total. The van der Waals surface area contributed by atoms with Crippen LogP contribution in [0.25, 0.3) is 0 Å². The molecule has 1 unspecified atom stereocenters. The average Bonchev–Trinajstić information content (AvgIpc) is 2.65. The van der Waals surface area contributed by atoms with Gasteiger partial charge in [-0.1, -0.05) is 0 Å². The van der Waals surface area contributed by atoms with E-state index in [1.807, 2.05) is 6.92 Å². The molecule has 0 saturated carbocycles. The predicted molar refractivity (Wildman–Crippen MR) is 55.9 cm³/mol. The number of rotatable bonds is 2. The van der Waals surface area contributed by atoms with E-state index in [9.17, 15) is 18.0 Å². The SMILES string of the molecule is CCOC(=O)[C@@H]1CCC(C)N1.O=C(O)C(F)(F)F. The number of alkyl halides is 3. The van der Waals surface area contributed by atoms with E-state index < -0.39 is 12.1 Å². The van der Waals surface area contributed by atoms with Gasteiger partial charge >= 0.3 is 18.1 Å². The van der Waals surface area contributed by atoms with Gasteiger partial charge in [0.15, 0.2) is 0 Å². The Balaban J connectivity index is 0.000000360. The highest BCUT2D eigenvalue weighted by Gasteiger charge is 2.38. The molecule has 0 amide bonds. The van der Waals surface area contributed by atoms with Crippen molar-refractivity contribution < 1.29 is 32.6 Å². The number of aliphatic carboxylic acids is 1. The molecule has 0 aromatic rings. The smallest absolute Gasteiger partial charge is 0.475 e. The van der Waals surface area contributed by atoms with Gasteiger partial charge in [0.2, 0.25) is 0 Å². The molecule has 1 aliphatic heterocycles. The molecule has 106 valence electrons. The maximum atomic E-state index is 11.1. The first-order valence-corrected chi connectivity index (χ1v) is 5.41. The van der Waals surface area contributed by atoms with Crippen LogP contribution in [-0.4, -0.2) is 41.9 Å². The molecule has 0 aromatic carbocycles. The van der Waals surface area contributed by atoms with Crippen molar-refractivity contribution in [1.29, 1.82) is 0 Å². The molecule has 0 bridgehead atoms. The van der Waals surface area contributed by atoms with Crippen LogP contribution in [-0.2, 0) is 14.3 Å². The first-order valence-electron chi connectivity index (χ1n) is 5.41. The number of nitrogens with one attached hydrogen (secondary N) is 1. The Hall–Kier alpha value is -1.31. The van der Waals surface area contributed by atoms with E-state index in [0.717, 1.165) is 12.8 Å². The Morgan fingerprint density at radius 3 is 2.17 bits per heavy atom. The van der Waals surface area contributed by atoms with Crippen molar-refractivity contribution in [3.05, 3.63) is 0 Å². The van der Waals surface area contributed by atoms with Crippen LogP contribution in [0.4, 0.5) is 13.2 Å². The van der Waals surface area contributed by atoms with Gasteiger partial charge in [-0.25, -0.2) is 4.79 Å². The lowest BCUT2D eigenvalue weighted by molar-refractivity contribution is -0.192. The van der Waals surface area contributed by atoms with Gasteiger partial charge in [0.25, 0.3) is 0 Å². The molecule has 1 aliphatic rings. The van der Waals surface area contributed by atoms with Crippen LogP contribution in [0.15, 0.2) is 0 Å². The van der Waals surface area contributed by atoms with Crippen molar-refractivity contribution in [1.82, 2.24) is 5.32 Å². The Labute approximate surface area is 102 Å². The van der Waals surface area contributed by atoms with Crippen molar-refractivity contribution in [2.45, 2.75) is 44.9 Å². The van der Waals surface area contributed by atoms with E-state index in [1.54, 1.807) is 0 Å². The van der Waals surface area contributed by atoms with Crippen molar-refractivity contribution >= 4 is 11.9 Å². The Morgan fingerprint density at radius 2 is 1.89 bits per heavy atom. The summed E-state index contributed by atoms with van der Waals surface area (Å²) in [5, 5.41) is 10.3. The number of carbonyl (C=O) groups excluding carboxylic acids is 1. The van der Waals surface area contributed by atoms with Gasteiger partial charge in [0.1, 0.15) is 6.04 Å². The number of halogens is 3. The second-order valence-electron chi connectivity index (χ2n) is 3.75. The highest BCUT2D eigenvalue weighted by molar-refractivity contribution is 5.76. The van der Waals surface area contributed by atoms with Crippen molar-refractivity contribution in [3.8, 4) is 0 Å². The third kappa shape index (κ3) is 6.43. The minimum atomic E-state index is -5.08. The number of esters is 1. The van der Waals surface area contributed by atoms with E-state index in [0.29, 0.717) is 12.6 Å². The van der Waals surface area contributed by atoms with Crippen molar-refractivity contribution in [3.63, 3.8) is 0 Å². The zero-order chi connectivity index (χ0) is 14.3. The summed E-state index contributed by atoms with van der Waals surface area (Å²) in [5.41, 5.74) is 0. The fraction of sp³-hybridized carbons (Fsp3) is 0.800. The summed E-state index contributed by atoms with van der Waals surface area (Å²) in [7, 11) is 0. The maximum Gasteiger partial charge on any atom is 0.490 e. The lowest BCUT2D eigenvalue weighted by Gasteiger charge is -2.09. The van der Waals surface area contributed by atoms with E-state index in [2.05, 4.69) is 12.2 Å². The number of carboxylic acids is 1. The van der Waals surface area contributed by atoms with E-state index in [1.165, 1.54) is 0 Å². The molecule has 0 spiro atoms. The van der Waals surface area contributed by atoms with Crippen LogP contribution in [0, 0.1) is 0 Å². The van der Waals surface area contributed by atoms with Crippen LogP contribution in [0.5, 0.6) is 0 Å². The molecule has 5 nitrogen and oxygen atoms in total. The van der Waals surface area contributed by atoms with Gasteiger partial charge in [-0.2, -0.15) is 13.2 Å². The highest BCUT2D eigenvalue weighted by Crippen LogP contribution is 2.13. The molecule has 1 heterocycles. The zero-order valence-electron chi connectivity index (χ0n) is 10.1. The molecule has 0 aliphatic carbocycles. The van der Waals surface area contributed by atoms with E-state index >= 15 is 0 Å². The Morgan fingerprint density at radius 1 is 1.39 bits per heavy atom.